The number of benzene rings is 3. The van der Waals surface area contributed by atoms with Crippen molar-refractivity contribution >= 4 is 28.9 Å². The van der Waals surface area contributed by atoms with Crippen LogP contribution >= 0.6 is 0 Å². The van der Waals surface area contributed by atoms with Gasteiger partial charge in [0, 0.05) is 18.0 Å². The number of hydrogen-bond acceptors (Lipinski definition) is 7. The molecule has 196 valence electrons. The molecule has 0 unspecified atom stereocenters. The van der Waals surface area contributed by atoms with E-state index in [4.69, 9.17) is 13.9 Å². The number of nitrogens with zero attached hydrogens (tertiary/aromatic N) is 1. The average molecular weight is 523 g/mol. The molecule has 0 spiro atoms. The monoisotopic (exact) mass is 522 g/mol. The third kappa shape index (κ3) is 7.21. The molecule has 0 fully saturated rings. The molecule has 3 aromatic carbocycles. The molecule has 0 aliphatic rings. The lowest BCUT2D eigenvalue weighted by molar-refractivity contribution is -0.129. The van der Waals surface area contributed by atoms with Crippen LogP contribution < -0.4 is 20.4 Å². The first kappa shape index (κ1) is 26.9. The maximum absolute atomic E-state index is 12.6. The minimum absolute atomic E-state index is 0.0835. The largest absolute Gasteiger partial charge is 0.494 e. The number of carbonyl (C=O) groups is 2. The van der Waals surface area contributed by atoms with E-state index in [9.17, 15) is 19.6 Å². The Morgan fingerprint density at radius 1 is 1.00 bits per heavy atom. The Bertz CT molecular complexity index is 1600. The summed E-state index contributed by atoms with van der Waals surface area (Å²) in [6, 6.07) is 24.3. The van der Waals surface area contributed by atoms with Crippen molar-refractivity contribution in [3.8, 4) is 17.6 Å². The highest BCUT2D eigenvalue weighted by Crippen LogP contribution is 2.22. The highest BCUT2D eigenvalue weighted by Gasteiger charge is 2.16. The first-order valence-electron chi connectivity index (χ1n) is 12.4. The maximum Gasteiger partial charge on any atom is 0.354 e. The van der Waals surface area contributed by atoms with Gasteiger partial charge in [0.1, 0.15) is 34.3 Å². The zero-order chi connectivity index (χ0) is 27.6. The van der Waals surface area contributed by atoms with Crippen LogP contribution in [0.3, 0.4) is 0 Å². The molecule has 8 heteroatoms. The highest BCUT2D eigenvalue weighted by molar-refractivity contribution is 6.00. The van der Waals surface area contributed by atoms with Crippen LogP contribution in [0.15, 0.2) is 93.6 Å². The molecule has 0 aliphatic carbocycles. The summed E-state index contributed by atoms with van der Waals surface area (Å²) < 4.78 is 16.2. The van der Waals surface area contributed by atoms with E-state index in [1.54, 1.807) is 30.3 Å². The molecule has 0 aliphatic heterocycles. The van der Waals surface area contributed by atoms with Gasteiger partial charge in [-0.15, -0.1) is 0 Å². The maximum atomic E-state index is 12.6. The minimum atomic E-state index is -0.861. The molecule has 1 aromatic heterocycles. The van der Waals surface area contributed by atoms with Gasteiger partial charge < -0.3 is 19.2 Å². The van der Waals surface area contributed by atoms with E-state index < -0.39 is 17.5 Å². The Morgan fingerprint density at radius 3 is 2.46 bits per heavy atom. The van der Waals surface area contributed by atoms with E-state index in [1.807, 2.05) is 43.3 Å². The topological polar surface area (TPSA) is 119 Å². The van der Waals surface area contributed by atoms with Crippen LogP contribution in [0.2, 0.25) is 0 Å². The molecule has 8 nitrogen and oxygen atoms in total. The molecule has 4 rings (SSSR count). The molecule has 1 amide bonds. The summed E-state index contributed by atoms with van der Waals surface area (Å²) in [5.74, 6) is -0.619. The van der Waals surface area contributed by atoms with Gasteiger partial charge in [-0.1, -0.05) is 49.4 Å². The van der Waals surface area contributed by atoms with Gasteiger partial charge >= 0.3 is 11.6 Å². The minimum Gasteiger partial charge on any atom is -0.494 e. The van der Waals surface area contributed by atoms with Crippen molar-refractivity contribution in [3.05, 3.63) is 112 Å². The molecular weight excluding hydrogens is 496 g/mol. The molecule has 0 saturated heterocycles. The van der Waals surface area contributed by atoms with Crippen molar-refractivity contribution < 1.29 is 23.5 Å². The van der Waals surface area contributed by atoms with Crippen molar-refractivity contribution in [2.24, 2.45) is 0 Å². The fourth-order valence-electron chi connectivity index (χ4n) is 3.72. The summed E-state index contributed by atoms with van der Waals surface area (Å²) in [4.78, 5) is 37.7. The Balaban J connectivity index is 1.43. The van der Waals surface area contributed by atoms with E-state index in [-0.39, 0.29) is 22.5 Å². The molecule has 1 heterocycles. The number of nitrogens with one attached hydrogen (secondary N) is 1. The fraction of sp³-hybridized carbons (Fsp3) is 0.161. The molecule has 0 radical (unpaired) electrons. The highest BCUT2D eigenvalue weighted by atomic mass is 16.5. The van der Waals surface area contributed by atoms with Crippen LogP contribution in [0.4, 0.5) is 0 Å². The molecule has 39 heavy (non-hydrogen) atoms. The van der Waals surface area contributed by atoms with Gasteiger partial charge in [0.2, 0.25) is 0 Å². The predicted molar refractivity (Wildman–Crippen MR) is 146 cm³/mol. The van der Waals surface area contributed by atoms with Gasteiger partial charge in [0.25, 0.3) is 5.91 Å². The van der Waals surface area contributed by atoms with E-state index >= 15 is 0 Å². The lowest BCUT2D eigenvalue weighted by Gasteiger charge is -2.07. The molecule has 0 bridgehead atoms. The SMILES string of the molecule is CCCOc1ccc(/C=C(\C#N)C(=O)Oc2ccc3cc(C(=O)NCCc4ccccc4)c(=O)oc3c2)cc1. The Kier molecular flexibility index (Phi) is 8.88. The first-order chi connectivity index (χ1) is 19.0. The van der Waals surface area contributed by atoms with Crippen molar-refractivity contribution in [1.82, 2.24) is 5.32 Å². The lowest BCUT2D eigenvalue weighted by atomic mass is 10.1. The van der Waals surface area contributed by atoms with Gasteiger partial charge in [-0.3, -0.25) is 4.79 Å². The number of nitriles is 1. The zero-order valence-corrected chi connectivity index (χ0v) is 21.3. The standard InChI is InChI=1S/C31H26N2O6/c1-2-16-37-25-11-8-22(9-12-25)17-24(20-32)30(35)38-26-13-10-23-18-27(31(36)39-28(23)19-26)29(34)33-15-14-21-6-4-3-5-7-21/h3-13,17-19H,2,14-16H2,1H3,(H,33,34)/b24-17+. The smallest absolute Gasteiger partial charge is 0.354 e. The molecule has 0 atom stereocenters. The summed E-state index contributed by atoms with van der Waals surface area (Å²) >= 11 is 0. The predicted octanol–water partition coefficient (Wildman–Crippen LogP) is 5.07. The van der Waals surface area contributed by atoms with Crippen molar-refractivity contribution in [2.45, 2.75) is 19.8 Å². The van der Waals surface area contributed by atoms with Crippen LogP contribution in [-0.4, -0.2) is 25.0 Å². The third-order valence-electron chi connectivity index (χ3n) is 5.71. The van der Waals surface area contributed by atoms with Crippen LogP contribution in [0.25, 0.3) is 17.0 Å². The van der Waals surface area contributed by atoms with Crippen LogP contribution in [0, 0.1) is 11.3 Å². The summed E-state index contributed by atoms with van der Waals surface area (Å²) in [6.07, 6.45) is 2.92. The van der Waals surface area contributed by atoms with E-state index in [0.29, 0.717) is 36.3 Å². The van der Waals surface area contributed by atoms with E-state index in [2.05, 4.69) is 5.32 Å². The average Bonchev–Trinajstić information content (AvgIpc) is 2.95. The molecule has 1 N–H and O–H groups in total. The van der Waals surface area contributed by atoms with Crippen molar-refractivity contribution in [2.75, 3.05) is 13.2 Å². The zero-order valence-electron chi connectivity index (χ0n) is 21.3. The van der Waals surface area contributed by atoms with Gasteiger partial charge in [-0.05, 0) is 60.4 Å². The number of carbonyl (C=O) groups excluding carboxylic acids is 2. The van der Waals surface area contributed by atoms with Crippen LogP contribution in [0.5, 0.6) is 11.5 Å². The van der Waals surface area contributed by atoms with E-state index in [1.165, 1.54) is 24.3 Å². The normalized spacial score (nSPS) is 11.0. The van der Waals surface area contributed by atoms with Crippen LogP contribution in [0.1, 0.15) is 34.8 Å². The third-order valence-corrected chi connectivity index (χ3v) is 5.71. The second-order valence-corrected chi connectivity index (χ2v) is 8.62. The number of ether oxygens (including phenoxy) is 2. The Hall–Kier alpha value is -5.16. The van der Waals surface area contributed by atoms with Crippen LogP contribution in [-0.2, 0) is 11.2 Å². The summed E-state index contributed by atoms with van der Waals surface area (Å²) in [6.45, 7) is 2.97. The van der Waals surface area contributed by atoms with Gasteiger partial charge in [0.05, 0.1) is 6.61 Å². The first-order valence-corrected chi connectivity index (χ1v) is 12.4. The Morgan fingerprint density at radius 2 is 1.74 bits per heavy atom. The van der Waals surface area contributed by atoms with Crippen molar-refractivity contribution in [3.63, 3.8) is 0 Å². The number of fused-ring (bicyclic) bond motifs is 1. The fourth-order valence-corrected chi connectivity index (χ4v) is 3.72. The van der Waals surface area contributed by atoms with E-state index in [0.717, 1.165) is 12.0 Å². The Labute approximate surface area is 225 Å². The quantitative estimate of drug-likeness (QED) is 0.102. The number of esters is 1. The summed E-state index contributed by atoms with van der Waals surface area (Å²) in [7, 11) is 0. The second kappa shape index (κ2) is 12.9. The lowest BCUT2D eigenvalue weighted by Crippen LogP contribution is -2.29. The number of hydrogen-bond donors (Lipinski definition) is 1. The molecular formula is C31H26N2O6. The number of amides is 1. The van der Waals surface area contributed by atoms with Gasteiger partial charge in [-0.2, -0.15) is 5.26 Å². The van der Waals surface area contributed by atoms with Crippen molar-refractivity contribution in [1.29, 1.82) is 5.26 Å². The number of rotatable bonds is 10. The molecule has 4 aromatic rings. The summed E-state index contributed by atoms with van der Waals surface area (Å²) in [5, 5.41) is 12.7. The molecule has 0 saturated carbocycles. The summed E-state index contributed by atoms with van der Waals surface area (Å²) in [5.41, 5.74) is 0.687. The second-order valence-electron chi connectivity index (χ2n) is 8.62. The van der Waals surface area contributed by atoms with Gasteiger partial charge in [-0.25, -0.2) is 9.59 Å². The van der Waals surface area contributed by atoms with Gasteiger partial charge in [0.15, 0.2) is 0 Å².